The summed E-state index contributed by atoms with van der Waals surface area (Å²) in [5.41, 5.74) is 0.724. The van der Waals surface area contributed by atoms with E-state index in [1.54, 1.807) is 0 Å². The van der Waals surface area contributed by atoms with Gasteiger partial charge in [0.2, 0.25) is 0 Å². The predicted octanol–water partition coefficient (Wildman–Crippen LogP) is 4.02. The third kappa shape index (κ3) is 3.23. The molecule has 1 fully saturated rings. The normalized spacial score (nSPS) is 20.1. The molecule has 5 nitrogen and oxygen atoms in total. The first kappa shape index (κ1) is 17.7. The molecule has 27 heavy (non-hydrogen) atoms. The Morgan fingerprint density at radius 3 is 2.33 bits per heavy atom. The van der Waals surface area contributed by atoms with E-state index in [1.807, 2.05) is 59.5 Å². The molecule has 1 aliphatic rings. The molecule has 0 radical (unpaired) electrons. The Kier molecular flexibility index (Phi) is 4.70. The Bertz CT molecular complexity index is 978. The molecule has 1 saturated heterocycles. The second kappa shape index (κ2) is 7.16. The standard InChI is InChI=1S/C21H21ClN4O/c1-14-13-26(21(27)16-8-4-3-5-9-16)15(2)12-25(14)20-18-11-7-6-10-17(18)19(22)23-24-20/h3-11,14-15H,12-13H2,1-2H3/t14-,15-/m1/s1. The summed E-state index contributed by atoms with van der Waals surface area (Å²) in [5, 5.41) is 10.8. The van der Waals surface area contributed by atoms with Crippen LogP contribution in [0.2, 0.25) is 5.15 Å². The van der Waals surface area contributed by atoms with Gasteiger partial charge in [0, 0.05) is 41.5 Å². The topological polar surface area (TPSA) is 49.3 Å². The van der Waals surface area contributed by atoms with Crippen LogP contribution in [0.5, 0.6) is 0 Å². The summed E-state index contributed by atoms with van der Waals surface area (Å²) in [6.07, 6.45) is 0. The molecular formula is C21H21ClN4O. The van der Waals surface area contributed by atoms with Crippen LogP contribution in [0, 0.1) is 0 Å². The van der Waals surface area contributed by atoms with Gasteiger partial charge in [0.15, 0.2) is 11.0 Å². The highest BCUT2D eigenvalue weighted by molar-refractivity contribution is 6.34. The predicted molar refractivity (Wildman–Crippen MR) is 108 cm³/mol. The third-order valence-corrected chi connectivity index (χ3v) is 5.44. The fourth-order valence-corrected chi connectivity index (χ4v) is 3.92. The fraction of sp³-hybridized carbons (Fsp3) is 0.286. The molecule has 1 aliphatic heterocycles. The highest BCUT2D eigenvalue weighted by Gasteiger charge is 2.34. The summed E-state index contributed by atoms with van der Waals surface area (Å²) in [5.74, 6) is 0.891. The largest absolute Gasteiger partial charge is 0.348 e. The number of aromatic nitrogens is 2. The Morgan fingerprint density at radius 1 is 0.926 bits per heavy atom. The van der Waals surface area contributed by atoms with Crippen LogP contribution in [0.3, 0.4) is 0 Å². The van der Waals surface area contributed by atoms with E-state index in [4.69, 9.17) is 11.6 Å². The Hall–Kier alpha value is -2.66. The summed E-state index contributed by atoms with van der Waals surface area (Å²) >= 11 is 6.22. The summed E-state index contributed by atoms with van der Waals surface area (Å²) in [4.78, 5) is 17.1. The Morgan fingerprint density at radius 2 is 1.59 bits per heavy atom. The summed E-state index contributed by atoms with van der Waals surface area (Å²) in [6.45, 7) is 5.51. The monoisotopic (exact) mass is 380 g/mol. The minimum Gasteiger partial charge on any atom is -0.348 e. The maximum Gasteiger partial charge on any atom is 0.254 e. The van der Waals surface area contributed by atoms with Gasteiger partial charge >= 0.3 is 0 Å². The lowest BCUT2D eigenvalue weighted by Crippen LogP contribution is -2.58. The van der Waals surface area contributed by atoms with E-state index in [0.717, 1.165) is 22.2 Å². The molecule has 0 bridgehead atoms. The van der Waals surface area contributed by atoms with Gasteiger partial charge in [-0.15, -0.1) is 10.2 Å². The van der Waals surface area contributed by atoms with Crippen LogP contribution < -0.4 is 4.90 Å². The maximum absolute atomic E-state index is 12.9. The van der Waals surface area contributed by atoms with Crippen LogP contribution in [0.1, 0.15) is 24.2 Å². The van der Waals surface area contributed by atoms with Gasteiger partial charge in [0.1, 0.15) is 0 Å². The van der Waals surface area contributed by atoms with Crippen LogP contribution in [-0.2, 0) is 0 Å². The van der Waals surface area contributed by atoms with Crippen molar-refractivity contribution in [3.05, 3.63) is 65.3 Å². The van der Waals surface area contributed by atoms with Gasteiger partial charge in [-0.1, -0.05) is 54.1 Å². The van der Waals surface area contributed by atoms with Gasteiger partial charge in [0.05, 0.1) is 0 Å². The van der Waals surface area contributed by atoms with Gasteiger partial charge in [-0.05, 0) is 26.0 Å². The highest BCUT2D eigenvalue weighted by atomic mass is 35.5. The molecule has 2 atom stereocenters. The van der Waals surface area contributed by atoms with E-state index in [0.29, 0.717) is 18.2 Å². The molecule has 4 rings (SSSR count). The zero-order chi connectivity index (χ0) is 19.0. The third-order valence-electron chi connectivity index (χ3n) is 5.16. The van der Waals surface area contributed by atoms with Crippen LogP contribution in [0.15, 0.2) is 54.6 Å². The van der Waals surface area contributed by atoms with Crippen LogP contribution in [0.25, 0.3) is 10.8 Å². The van der Waals surface area contributed by atoms with Crippen LogP contribution in [0.4, 0.5) is 5.82 Å². The van der Waals surface area contributed by atoms with Crippen molar-refractivity contribution >= 4 is 34.1 Å². The fourth-order valence-electron chi connectivity index (χ4n) is 3.72. The van der Waals surface area contributed by atoms with Gasteiger partial charge in [-0.25, -0.2) is 0 Å². The van der Waals surface area contributed by atoms with E-state index < -0.39 is 0 Å². The number of hydrogen-bond acceptors (Lipinski definition) is 4. The highest BCUT2D eigenvalue weighted by Crippen LogP contribution is 2.31. The van der Waals surface area contributed by atoms with Gasteiger partial charge in [0.25, 0.3) is 5.91 Å². The number of hydrogen-bond donors (Lipinski definition) is 0. The zero-order valence-electron chi connectivity index (χ0n) is 15.3. The lowest BCUT2D eigenvalue weighted by molar-refractivity contribution is 0.0644. The van der Waals surface area contributed by atoms with Crippen molar-refractivity contribution in [3.8, 4) is 0 Å². The first-order valence-electron chi connectivity index (χ1n) is 9.10. The smallest absolute Gasteiger partial charge is 0.254 e. The number of carbonyl (C=O) groups excluding carboxylic acids is 1. The van der Waals surface area contributed by atoms with Gasteiger partial charge in [-0.3, -0.25) is 4.79 Å². The Labute approximate surface area is 163 Å². The van der Waals surface area contributed by atoms with Crippen molar-refractivity contribution in [1.82, 2.24) is 15.1 Å². The summed E-state index contributed by atoms with van der Waals surface area (Å²) in [6, 6.07) is 17.5. The average molecular weight is 381 g/mol. The van der Waals surface area contributed by atoms with E-state index in [9.17, 15) is 4.79 Å². The molecular weight excluding hydrogens is 360 g/mol. The first-order valence-corrected chi connectivity index (χ1v) is 9.47. The molecule has 0 N–H and O–H groups in total. The molecule has 6 heteroatoms. The van der Waals surface area contributed by atoms with Crippen molar-refractivity contribution in [3.63, 3.8) is 0 Å². The van der Waals surface area contributed by atoms with E-state index >= 15 is 0 Å². The number of benzene rings is 2. The van der Waals surface area contributed by atoms with Gasteiger partial charge < -0.3 is 9.80 Å². The Balaban J connectivity index is 1.64. The van der Waals surface area contributed by atoms with Crippen molar-refractivity contribution in [2.24, 2.45) is 0 Å². The first-order chi connectivity index (χ1) is 13.1. The van der Waals surface area contributed by atoms with E-state index in [-0.39, 0.29) is 18.0 Å². The van der Waals surface area contributed by atoms with Crippen LogP contribution in [-0.4, -0.2) is 46.2 Å². The van der Waals surface area contributed by atoms with Crippen molar-refractivity contribution in [1.29, 1.82) is 0 Å². The molecule has 1 amide bonds. The van der Waals surface area contributed by atoms with Crippen molar-refractivity contribution < 1.29 is 4.79 Å². The lowest BCUT2D eigenvalue weighted by Gasteiger charge is -2.44. The molecule has 2 aromatic carbocycles. The van der Waals surface area contributed by atoms with Gasteiger partial charge in [-0.2, -0.15) is 0 Å². The summed E-state index contributed by atoms with van der Waals surface area (Å²) in [7, 11) is 0. The van der Waals surface area contributed by atoms with Crippen LogP contribution >= 0.6 is 11.6 Å². The number of anilines is 1. The number of nitrogens with zero attached hydrogens (tertiary/aromatic N) is 4. The average Bonchev–Trinajstić information content (AvgIpc) is 2.70. The lowest BCUT2D eigenvalue weighted by atomic mass is 10.0. The number of carbonyl (C=O) groups is 1. The van der Waals surface area contributed by atoms with E-state index in [1.165, 1.54) is 0 Å². The number of piperazine rings is 1. The second-order valence-electron chi connectivity index (χ2n) is 7.03. The van der Waals surface area contributed by atoms with Crippen molar-refractivity contribution in [2.45, 2.75) is 25.9 Å². The zero-order valence-corrected chi connectivity index (χ0v) is 16.1. The number of rotatable bonds is 2. The quantitative estimate of drug-likeness (QED) is 0.673. The molecule has 2 heterocycles. The number of amides is 1. The SMILES string of the molecule is C[C@@H]1CN(c2nnc(Cl)c3ccccc23)[C@H](C)CN1C(=O)c1ccccc1. The maximum atomic E-state index is 12.9. The number of fused-ring (bicyclic) bond motifs is 1. The molecule has 0 saturated carbocycles. The second-order valence-corrected chi connectivity index (χ2v) is 7.39. The number of halogens is 1. The molecule has 1 aromatic heterocycles. The van der Waals surface area contributed by atoms with E-state index in [2.05, 4.69) is 28.9 Å². The molecule has 0 spiro atoms. The minimum absolute atomic E-state index is 0.0603. The molecule has 138 valence electrons. The molecule has 3 aromatic rings. The summed E-state index contributed by atoms with van der Waals surface area (Å²) < 4.78 is 0. The minimum atomic E-state index is 0.0603. The molecule has 0 aliphatic carbocycles. The molecule has 0 unspecified atom stereocenters. The van der Waals surface area contributed by atoms with Crippen molar-refractivity contribution in [2.75, 3.05) is 18.0 Å².